The predicted molar refractivity (Wildman–Crippen MR) is 273 cm³/mol. The van der Waals surface area contributed by atoms with Crippen LogP contribution in [-0.4, -0.2) is 132 Å². The van der Waals surface area contributed by atoms with Crippen molar-refractivity contribution in [3.63, 3.8) is 0 Å². The van der Waals surface area contributed by atoms with Gasteiger partial charge in [0.25, 0.3) is 0 Å². The Balaban J connectivity index is 6.31. The van der Waals surface area contributed by atoms with E-state index in [4.69, 9.17) is 11.5 Å². The van der Waals surface area contributed by atoms with Gasteiger partial charge < -0.3 is 36.0 Å². The molecule has 4 N–H and O–H groups in total. The van der Waals surface area contributed by atoms with E-state index < -0.39 is 5.91 Å². The summed E-state index contributed by atoms with van der Waals surface area (Å²) in [7, 11) is 0. The van der Waals surface area contributed by atoms with E-state index in [9.17, 15) is 28.8 Å². The third-order valence-electron chi connectivity index (χ3n) is 12.8. The van der Waals surface area contributed by atoms with Crippen LogP contribution in [0.4, 0.5) is 0 Å². The van der Waals surface area contributed by atoms with Crippen LogP contribution in [0.1, 0.15) is 233 Å². The van der Waals surface area contributed by atoms with Gasteiger partial charge in [-0.25, -0.2) is 0 Å². The summed E-state index contributed by atoms with van der Waals surface area (Å²) in [5.74, 6) is -1.86. The van der Waals surface area contributed by atoms with Crippen molar-refractivity contribution < 1.29 is 28.8 Å². The van der Waals surface area contributed by atoms with Crippen LogP contribution in [0.25, 0.3) is 0 Å². The molecule has 0 radical (unpaired) electrons. The second-order valence-electron chi connectivity index (χ2n) is 19.0. The molecule has 66 heavy (non-hydrogen) atoms. The Kier molecular flexibility index (Phi) is 43.3. The van der Waals surface area contributed by atoms with Gasteiger partial charge in [-0.05, 0) is 25.7 Å². The summed E-state index contributed by atoms with van der Waals surface area (Å²) in [5.41, 5.74) is 11.4. The smallest absolute Gasteiger partial charge is 0.242 e. The average Bonchev–Trinajstić information content (AvgIpc) is 3.30. The molecular formula is C53H103N7O6. The summed E-state index contributed by atoms with van der Waals surface area (Å²) < 4.78 is 0. The number of hydrogen-bond donors (Lipinski definition) is 2. The highest BCUT2D eigenvalue weighted by molar-refractivity contribution is 5.91. The van der Waals surface area contributed by atoms with Gasteiger partial charge >= 0.3 is 0 Å². The fourth-order valence-corrected chi connectivity index (χ4v) is 8.50. The Morgan fingerprint density at radius 2 is 0.561 bits per heavy atom. The Morgan fingerprint density at radius 3 is 0.788 bits per heavy atom. The second kappa shape index (κ2) is 45.6. The third-order valence-corrected chi connectivity index (χ3v) is 12.8. The van der Waals surface area contributed by atoms with Gasteiger partial charge in [0, 0.05) is 39.3 Å². The maximum Gasteiger partial charge on any atom is 0.242 e. The molecule has 386 valence electrons. The lowest BCUT2D eigenvalue weighted by Gasteiger charge is -2.31. The molecule has 0 saturated carbocycles. The number of nitrogens with zero attached hydrogens (tertiary/aromatic N) is 5. The van der Waals surface area contributed by atoms with Crippen LogP contribution in [0.15, 0.2) is 0 Å². The zero-order valence-electron chi connectivity index (χ0n) is 43.3. The number of hydrogen-bond acceptors (Lipinski definition) is 7. The van der Waals surface area contributed by atoms with Crippen molar-refractivity contribution >= 4 is 35.9 Å². The molecule has 0 atom stereocenters. The lowest BCUT2D eigenvalue weighted by molar-refractivity contribution is -0.147. The number of carbonyl (C=O) groups is 6. The zero-order chi connectivity index (χ0) is 48.9. The first-order valence-electron chi connectivity index (χ1n) is 27.4. The van der Waals surface area contributed by atoms with E-state index in [1.54, 1.807) is 14.7 Å². The van der Waals surface area contributed by atoms with Crippen LogP contribution in [0.5, 0.6) is 0 Å². The minimum atomic E-state index is -0.587. The van der Waals surface area contributed by atoms with Crippen LogP contribution in [0.2, 0.25) is 0 Å². The first-order chi connectivity index (χ1) is 32.1. The van der Waals surface area contributed by atoms with Crippen molar-refractivity contribution in [3.8, 4) is 0 Å². The van der Waals surface area contributed by atoms with E-state index in [2.05, 4.69) is 27.7 Å². The van der Waals surface area contributed by atoms with E-state index in [-0.39, 0.29) is 69.4 Å². The van der Waals surface area contributed by atoms with Crippen LogP contribution < -0.4 is 11.5 Å². The van der Waals surface area contributed by atoms with Gasteiger partial charge in [-0.2, -0.15) is 0 Å². The molecule has 6 amide bonds. The van der Waals surface area contributed by atoms with E-state index in [0.29, 0.717) is 32.6 Å². The van der Waals surface area contributed by atoms with Crippen molar-refractivity contribution in [1.82, 2.24) is 24.5 Å². The Labute approximate surface area is 404 Å². The summed E-state index contributed by atoms with van der Waals surface area (Å²) in [5, 5.41) is 0. The monoisotopic (exact) mass is 934 g/mol. The summed E-state index contributed by atoms with van der Waals surface area (Å²) in [6, 6.07) is 0. The highest BCUT2D eigenvalue weighted by Gasteiger charge is 2.27. The SMILES string of the molecule is CCCCCCCCCCN(CC(N)=O)C(=O)CN(CCCCCCCCCC)C(=O)CN(CCCCCCCCCC)C(=O)CN(CCCCCCCCCC)C(=O)CN(C=O)CCN. The van der Waals surface area contributed by atoms with Crippen LogP contribution >= 0.6 is 0 Å². The van der Waals surface area contributed by atoms with Crippen molar-refractivity contribution in [1.29, 1.82) is 0 Å². The summed E-state index contributed by atoms with van der Waals surface area (Å²) >= 11 is 0. The Hall–Kier alpha value is -3.22. The van der Waals surface area contributed by atoms with Gasteiger partial charge in [0.2, 0.25) is 35.9 Å². The quantitative estimate of drug-likeness (QED) is 0.0452. The standard InChI is InChI=1S/C53H103N7O6/c1-5-9-13-17-21-25-29-33-38-57(43-49(55)62)51(64)45-59(40-35-31-27-23-19-15-11-7-3)53(66)47-60(41-36-32-28-24-20-16-12-8-4)52(65)46-58(50(63)44-56(48-61)42-37-54)39-34-30-26-22-18-14-10-6-2/h48H,5-47,54H2,1-4H3,(H2,55,62). The van der Waals surface area contributed by atoms with Crippen LogP contribution in [0.3, 0.4) is 0 Å². The molecule has 0 aliphatic heterocycles. The van der Waals surface area contributed by atoms with Crippen molar-refractivity contribution in [2.75, 3.05) is 72.0 Å². The fourth-order valence-electron chi connectivity index (χ4n) is 8.50. The topological polar surface area (TPSA) is 171 Å². The number of unbranched alkanes of at least 4 members (excludes halogenated alkanes) is 28. The maximum absolute atomic E-state index is 14.5. The highest BCUT2D eigenvalue weighted by atomic mass is 16.2. The molecule has 0 heterocycles. The van der Waals surface area contributed by atoms with E-state index in [1.807, 2.05) is 0 Å². The minimum absolute atomic E-state index is 0.169. The molecule has 0 spiro atoms. The average molecular weight is 934 g/mol. The van der Waals surface area contributed by atoms with Crippen molar-refractivity contribution in [2.24, 2.45) is 11.5 Å². The summed E-state index contributed by atoms with van der Waals surface area (Å²) in [6.45, 7) is 9.81. The van der Waals surface area contributed by atoms with Gasteiger partial charge in [-0.15, -0.1) is 0 Å². The van der Waals surface area contributed by atoms with Gasteiger partial charge in [-0.1, -0.05) is 207 Å². The lowest BCUT2D eigenvalue weighted by Crippen LogP contribution is -2.51. The van der Waals surface area contributed by atoms with E-state index in [1.165, 1.54) is 113 Å². The van der Waals surface area contributed by atoms with Gasteiger partial charge in [-0.3, -0.25) is 28.8 Å². The molecule has 13 heteroatoms. The molecule has 0 saturated heterocycles. The van der Waals surface area contributed by atoms with Gasteiger partial charge in [0.1, 0.15) is 0 Å². The Bertz CT molecular complexity index is 1220. The summed E-state index contributed by atoms with van der Waals surface area (Å²) in [6.07, 6.45) is 35.4. The zero-order valence-corrected chi connectivity index (χ0v) is 43.3. The largest absolute Gasteiger partial charge is 0.368 e. The maximum atomic E-state index is 14.5. The minimum Gasteiger partial charge on any atom is -0.368 e. The first kappa shape index (κ1) is 62.8. The molecule has 0 bridgehead atoms. The van der Waals surface area contributed by atoms with Crippen LogP contribution in [-0.2, 0) is 28.8 Å². The highest BCUT2D eigenvalue weighted by Crippen LogP contribution is 2.15. The number of nitrogens with two attached hydrogens (primary N) is 2. The molecule has 0 aliphatic rings. The molecule has 0 aliphatic carbocycles. The number of rotatable bonds is 49. The van der Waals surface area contributed by atoms with E-state index >= 15 is 0 Å². The molecule has 0 aromatic heterocycles. The molecule has 0 aromatic rings. The van der Waals surface area contributed by atoms with Crippen molar-refractivity contribution in [3.05, 3.63) is 0 Å². The molecule has 13 nitrogen and oxygen atoms in total. The third kappa shape index (κ3) is 35.9. The summed E-state index contributed by atoms with van der Waals surface area (Å²) in [4.78, 5) is 88.1. The number of carbonyl (C=O) groups excluding carboxylic acids is 6. The van der Waals surface area contributed by atoms with E-state index in [0.717, 1.165) is 103 Å². The predicted octanol–water partition coefficient (Wildman–Crippen LogP) is 9.77. The molecule has 0 unspecified atom stereocenters. The van der Waals surface area contributed by atoms with Crippen molar-refractivity contribution in [2.45, 2.75) is 233 Å². The lowest BCUT2D eigenvalue weighted by atomic mass is 10.1. The van der Waals surface area contributed by atoms with Gasteiger partial charge in [0.15, 0.2) is 0 Å². The van der Waals surface area contributed by atoms with Crippen LogP contribution in [0, 0.1) is 0 Å². The molecule has 0 aromatic carbocycles. The molecule has 0 fully saturated rings. The number of primary amides is 1. The number of amides is 6. The fraction of sp³-hybridized carbons (Fsp3) is 0.887. The normalized spacial score (nSPS) is 11.1. The first-order valence-corrected chi connectivity index (χ1v) is 27.4. The molecular weight excluding hydrogens is 831 g/mol. The van der Waals surface area contributed by atoms with Gasteiger partial charge in [0.05, 0.1) is 32.7 Å². The Morgan fingerprint density at radius 1 is 0.333 bits per heavy atom. The second-order valence-corrected chi connectivity index (χ2v) is 19.0. The molecule has 0 rings (SSSR count).